The molecule has 0 saturated carbocycles. The Bertz CT molecular complexity index is 540. The van der Waals surface area contributed by atoms with Gasteiger partial charge in [-0.15, -0.1) is 0 Å². The number of hydrogen-bond donors (Lipinski definition) is 0. The molecule has 0 aliphatic rings. The average Bonchev–Trinajstić information content (AvgIpc) is 2.30. The van der Waals surface area contributed by atoms with Gasteiger partial charge in [-0.25, -0.2) is 0 Å². The van der Waals surface area contributed by atoms with Crippen LogP contribution in [0.4, 0.5) is 0 Å². The normalized spacial score (nSPS) is 10.2. The molecule has 2 nitrogen and oxygen atoms in total. The number of Topliss-reactive ketones (excluding diaryl/α,β-unsaturated/α-hetero) is 1. The van der Waals surface area contributed by atoms with Gasteiger partial charge in [0.25, 0.3) is 0 Å². The van der Waals surface area contributed by atoms with Crippen LogP contribution in [0.15, 0.2) is 48.8 Å². The van der Waals surface area contributed by atoms with E-state index in [0.29, 0.717) is 15.6 Å². The zero-order chi connectivity index (χ0) is 12.3. The van der Waals surface area contributed by atoms with Crippen molar-refractivity contribution in [3.63, 3.8) is 0 Å². The molecule has 0 amide bonds. The molecule has 1 heterocycles. The van der Waals surface area contributed by atoms with Crippen molar-refractivity contribution in [1.29, 1.82) is 0 Å². The molecule has 86 valence electrons. The Balaban J connectivity index is 2.21. The molecule has 0 aliphatic heterocycles. The summed E-state index contributed by atoms with van der Waals surface area (Å²) in [4.78, 5) is 12.0. The lowest BCUT2D eigenvalue weighted by Gasteiger charge is -2.01. The van der Waals surface area contributed by atoms with E-state index in [1.165, 1.54) is 0 Å². The monoisotopic (exact) mass is 266 g/mol. The second-order valence-corrected chi connectivity index (χ2v) is 4.44. The number of aromatic nitrogens is 1. The van der Waals surface area contributed by atoms with Crippen LogP contribution in [-0.2, 0) is 6.54 Å². The summed E-state index contributed by atoms with van der Waals surface area (Å²) in [7, 11) is 0. The van der Waals surface area contributed by atoms with E-state index in [1.54, 1.807) is 22.8 Å². The molecular formula is C13H10Cl2NO+. The molecule has 0 radical (unpaired) electrons. The molecule has 17 heavy (non-hydrogen) atoms. The maximum atomic E-state index is 12.0. The van der Waals surface area contributed by atoms with E-state index >= 15 is 0 Å². The average molecular weight is 267 g/mol. The van der Waals surface area contributed by atoms with Gasteiger partial charge in [-0.3, -0.25) is 4.79 Å². The summed E-state index contributed by atoms with van der Waals surface area (Å²) < 4.78 is 1.80. The first-order valence-corrected chi connectivity index (χ1v) is 5.85. The Kier molecular flexibility index (Phi) is 3.77. The van der Waals surface area contributed by atoms with Gasteiger partial charge in [0.2, 0.25) is 12.3 Å². The third-order valence-corrected chi connectivity index (χ3v) is 2.88. The van der Waals surface area contributed by atoms with E-state index in [9.17, 15) is 4.79 Å². The number of rotatable bonds is 3. The number of carbonyl (C=O) groups excluding carboxylic acids is 1. The second kappa shape index (κ2) is 5.30. The Labute approximate surface area is 109 Å². The van der Waals surface area contributed by atoms with E-state index in [0.717, 1.165) is 0 Å². The molecule has 2 rings (SSSR count). The number of benzene rings is 1. The number of nitrogens with zero attached hydrogens (tertiary/aromatic N) is 1. The highest BCUT2D eigenvalue weighted by atomic mass is 35.5. The van der Waals surface area contributed by atoms with Crippen molar-refractivity contribution >= 4 is 29.0 Å². The largest absolute Gasteiger partial charge is 0.287 e. The fourth-order valence-electron chi connectivity index (χ4n) is 1.51. The van der Waals surface area contributed by atoms with Gasteiger partial charge < -0.3 is 0 Å². The van der Waals surface area contributed by atoms with E-state index in [1.807, 2.05) is 30.6 Å². The van der Waals surface area contributed by atoms with Gasteiger partial charge in [0.1, 0.15) is 0 Å². The zero-order valence-corrected chi connectivity index (χ0v) is 10.4. The molecule has 0 N–H and O–H groups in total. The SMILES string of the molecule is O=C(C[n+]1ccccc1)c1ccc(Cl)cc1Cl. The lowest BCUT2D eigenvalue weighted by molar-refractivity contribution is -0.683. The molecule has 0 saturated heterocycles. The van der Waals surface area contributed by atoms with E-state index < -0.39 is 0 Å². The summed E-state index contributed by atoms with van der Waals surface area (Å²) in [6, 6.07) is 10.5. The van der Waals surface area contributed by atoms with Crippen LogP contribution in [-0.4, -0.2) is 5.78 Å². The molecule has 4 heteroatoms. The minimum Gasteiger partial charge on any atom is -0.287 e. The second-order valence-electron chi connectivity index (χ2n) is 3.60. The molecule has 0 spiro atoms. The van der Waals surface area contributed by atoms with Crippen molar-refractivity contribution in [2.75, 3.05) is 0 Å². The number of hydrogen-bond acceptors (Lipinski definition) is 1. The molecule has 2 aromatic rings. The fourth-order valence-corrected chi connectivity index (χ4v) is 2.02. The maximum Gasteiger partial charge on any atom is 0.229 e. The third-order valence-electron chi connectivity index (χ3n) is 2.34. The Hall–Kier alpha value is -1.38. The summed E-state index contributed by atoms with van der Waals surface area (Å²) in [6.07, 6.45) is 3.67. The molecule has 1 aromatic carbocycles. The highest BCUT2D eigenvalue weighted by molar-refractivity contribution is 6.36. The Morgan fingerprint density at radius 1 is 1.12 bits per heavy atom. The van der Waals surface area contributed by atoms with Crippen molar-refractivity contribution in [3.8, 4) is 0 Å². The topological polar surface area (TPSA) is 20.9 Å². The lowest BCUT2D eigenvalue weighted by Crippen LogP contribution is -2.36. The number of carbonyl (C=O) groups is 1. The van der Waals surface area contributed by atoms with Crippen molar-refractivity contribution < 1.29 is 9.36 Å². The maximum absolute atomic E-state index is 12.0. The van der Waals surface area contributed by atoms with Crippen LogP contribution >= 0.6 is 23.2 Å². The van der Waals surface area contributed by atoms with Crippen LogP contribution < -0.4 is 4.57 Å². The standard InChI is InChI=1S/C13H10Cl2NO/c14-10-4-5-11(12(15)8-10)13(17)9-16-6-2-1-3-7-16/h1-8H,9H2/q+1. The van der Waals surface area contributed by atoms with Gasteiger partial charge in [0.15, 0.2) is 12.4 Å². The summed E-state index contributed by atoms with van der Waals surface area (Å²) >= 11 is 11.8. The zero-order valence-electron chi connectivity index (χ0n) is 8.94. The van der Waals surface area contributed by atoms with Crippen LogP contribution in [0, 0.1) is 0 Å². The Morgan fingerprint density at radius 2 is 1.82 bits per heavy atom. The number of halogens is 2. The van der Waals surface area contributed by atoms with Crippen molar-refractivity contribution in [3.05, 3.63) is 64.4 Å². The summed E-state index contributed by atoms with van der Waals surface area (Å²) in [5.41, 5.74) is 0.493. The van der Waals surface area contributed by atoms with Gasteiger partial charge >= 0.3 is 0 Å². The predicted octanol–water partition coefficient (Wildman–Crippen LogP) is 3.16. The smallest absolute Gasteiger partial charge is 0.229 e. The molecule has 0 unspecified atom stereocenters. The van der Waals surface area contributed by atoms with Gasteiger partial charge in [-0.2, -0.15) is 4.57 Å². The first kappa shape index (κ1) is 12.1. The highest BCUT2D eigenvalue weighted by Gasteiger charge is 2.14. The minimum absolute atomic E-state index is 0.0390. The van der Waals surface area contributed by atoms with Gasteiger partial charge in [0.05, 0.1) is 5.02 Å². The van der Waals surface area contributed by atoms with Gasteiger partial charge in [-0.05, 0) is 18.2 Å². The van der Waals surface area contributed by atoms with Crippen molar-refractivity contribution in [2.24, 2.45) is 0 Å². The number of ketones is 1. The molecule has 0 bridgehead atoms. The number of pyridine rings is 1. The third kappa shape index (κ3) is 3.05. The first-order chi connectivity index (χ1) is 8.16. The van der Waals surface area contributed by atoms with Gasteiger partial charge in [0, 0.05) is 22.7 Å². The van der Waals surface area contributed by atoms with Crippen LogP contribution in [0.25, 0.3) is 0 Å². The molecule has 1 aromatic heterocycles. The lowest BCUT2D eigenvalue weighted by atomic mass is 10.1. The molecule has 0 aliphatic carbocycles. The highest BCUT2D eigenvalue weighted by Crippen LogP contribution is 2.21. The quantitative estimate of drug-likeness (QED) is 0.618. The summed E-state index contributed by atoms with van der Waals surface area (Å²) in [6.45, 7) is 0.266. The van der Waals surface area contributed by atoms with E-state index in [-0.39, 0.29) is 12.3 Å². The van der Waals surface area contributed by atoms with Crippen LogP contribution in [0.1, 0.15) is 10.4 Å². The van der Waals surface area contributed by atoms with Gasteiger partial charge in [-0.1, -0.05) is 29.3 Å². The summed E-state index contributed by atoms with van der Waals surface area (Å²) in [5.74, 6) is -0.0390. The van der Waals surface area contributed by atoms with Crippen LogP contribution in [0.5, 0.6) is 0 Å². The predicted molar refractivity (Wildman–Crippen MR) is 67.4 cm³/mol. The van der Waals surface area contributed by atoms with Crippen molar-refractivity contribution in [2.45, 2.75) is 6.54 Å². The molecular weight excluding hydrogens is 257 g/mol. The van der Waals surface area contributed by atoms with Crippen LogP contribution in [0.3, 0.4) is 0 Å². The molecule has 0 atom stereocenters. The summed E-state index contributed by atoms with van der Waals surface area (Å²) in [5, 5.41) is 0.915. The van der Waals surface area contributed by atoms with E-state index in [2.05, 4.69) is 0 Å². The van der Waals surface area contributed by atoms with E-state index in [4.69, 9.17) is 23.2 Å². The molecule has 0 fully saturated rings. The Morgan fingerprint density at radius 3 is 2.47 bits per heavy atom. The van der Waals surface area contributed by atoms with Crippen molar-refractivity contribution in [1.82, 2.24) is 0 Å². The fraction of sp³-hybridized carbons (Fsp3) is 0.0769. The van der Waals surface area contributed by atoms with Crippen LogP contribution in [0.2, 0.25) is 10.0 Å². The minimum atomic E-state index is -0.0390. The first-order valence-electron chi connectivity index (χ1n) is 5.09.